The Labute approximate surface area is 113 Å². The van der Waals surface area contributed by atoms with Gasteiger partial charge in [-0.25, -0.2) is 0 Å². The fourth-order valence-corrected chi connectivity index (χ4v) is 2.65. The van der Waals surface area contributed by atoms with E-state index in [0.29, 0.717) is 5.69 Å². The standard InChI is InChI=1S/C14H17NO3S/c1-14(2,3)11-6-4-7-12(10-11)15-19(16,17)13-8-5-9-18-13/h4-10,15H,1-3H3. The van der Waals surface area contributed by atoms with Gasteiger partial charge in [-0.15, -0.1) is 0 Å². The summed E-state index contributed by atoms with van der Waals surface area (Å²) in [5.41, 5.74) is 1.56. The fourth-order valence-electron chi connectivity index (χ4n) is 1.67. The summed E-state index contributed by atoms with van der Waals surface area (Å²) in [5, 5.41) is -0.0892. The number of nitrogens with one attached hydrogen (secondary N) is 1. The summed E-state index contributed by atoms with van der Waals surface area (Å²) in [6.07, 6.45) is 1.33. The Morgan fingerprint density at radius 2 is 1.84 bits per heavy atom. The van der Waals surface area contributed by atoms with Crippen molar-refractivity contribution in [1.29, 1.82) is 0 Å². The summed E-state index contributed by atoms with van der Waals surface area (Å²) in [4.78, 5) is 0. The molecule has 2 rings (SSSR count). The lowest BCUT2D eigenvalue weighted by atomic mass is 9.87. The van der Waals surface area contributed by atoms with E-state index < -0.39 is 10.0 Å². The van der Waals surface area contributed by atoms with Crippen molar-refractivity contribution < 1.29 is 12.8 Å². The van der Waals surface area contributed by atoms with Gasteiger partial charge in [-0.05, 0) is 35.2 Å². The average Bonchev–Trinajstić information content (AvgIpc) is 2.81. The van der Waals surface area contributed by atoms with Gasteiger partial charge in [0.1, 0.15) is 0 Å². The SMILES string of the molecule is CC(C)(C)c1cccc(NS(=O)(=O)c2ccco2)c1. The first-order valence-electron chi connectivity index (χ1n) is 5.96. The highest BCUT2D eigenvalue weighted by molar-refractivity contribution is 7.92. The Morgan fingerprint density at radius 3 is 2.42 bits per heavy atom. The number of hydrogen-bond acceptors (Lipinski definition) is 3. The van der Waals surface area contributed by atoms with Crippen molar-refractivity contribution in [3.8, 4) is 0 Å². The second-order valence-corrected chi connectivity index (χ2v) is 6.98. The van der Waals surface area contributed by atoms with Crippen molar-refractivity contribution in [2.75, 3.05) is 4.72 Å². The van der Waals surface area contributed by atoms with Gasteiger partial charge in [0.15, 0.2) is 0 Å². The number of benzene rings is 1. The molecule has 1 aromatic heterocycles. The Balaban J connectivity index is 2.30. The summed E-state index contributed by atoms with van der Waals surface area (Å²) in [6.45, 7) is 6.23. The van der Waals surface area contributed by atoms with E-state index in [4.69, 9.17) is 4.42 Å². The maximum Gasteiger partial charge on any atom is 0.295 e. The molecule has 0 amide bonds. The molecule has 0 atom stereocenters. The van der Waals surface area contributed by atoms with Crippen molar-refractivity contribution in [2.45, 2.75) is 31.3 Å². The topological polar surface area (TPSA) is 59.3 Å². The number of hydrogen-bond donors (Lipinski definition) is 1. The van der Waals surface area contributed by atoms with Crippen LogP contribution in [-0.2, 0) is 15.4 Å². The van der Waals surface area contributed by atoms with E-state index in [9.17, 15) is 8.42 Å². The van der Waals surface area contributed by atoms with Crippen LogP contribution in [0.2, 0.25) is 0 Å². The molecule has 0 spiro atoms. The smallest absolute Gasteiger partial charge is 0.295 e. The van der Waals surface area contributed by atoms with Crippen molar-refractivity contribution >= 4 is 15.7 Å². The predicted molar refractivity (Wildman–Crippen MR) is 74.7 cm³/mol. The van der Waals surface area contributed by atoms with Crippen LogP contribution in [0.1, 0.15) is 26.3 Å². The molecule has 1 aromatic carbocycles. The van der Waals surface area contributed by atoms with Crippen molar-refractivity contribution in [2.24, 2.45) is 0 Å². The molecule has 0 aliphatic rings. The monoisotopic (exact) mass is 279 g/mol. The molecule has 0 fully saturated rings. The zero-order chi connectivity index (χ0) is 14.1. The molecule has 0 saturated carbocycles. The van der Waals surface area contributed by atoms with Crippen LogP contribution in [0.4, 0.5) is 5.69 Å². The molecular formula is C14H17NO3S. The molecule has 0 aliphatic heterocycles. The summed E-state index contributed by atoms with van der Waals surface area (Å²) < 4.78 is 31.5. The van der Waals surface area contributed by atoms with Crippen LogP contribution < -0.4 is 4.72 Å². The van der Waals surface area contributed by atoms with Crippen LogP contribution in [-0.4, -0.2) is 8.42 Å². The number of sulfonamides is 1. The molecule has 2 aromatic rings. The van der Waals surface area contributed by atoms with Crippen LogP contribution in [0.3, 0.4) is 0 Å². The summed E-state index contributed by atoms with van der Waals surface area (Å²) >= 11 is 0. The number of furan rings is 1. The molecule has 102 valence electrons. The second-order valence-electron chi connectivity index (χ2n) is 5.37. The third-order valence-electron chi connectivity index (χ3n) is 2.74. The molecule has 0 radical (unpaired) electrons. The van der Waals surface area contributed by atoms with Crippen molar-refractivity contribution in [1.82, 2.24) is 0 Å². The van der Waals surface area contributed by atoms with Gasteiger partial charge in [0.2, 0.25) is 5.09 Å². The van der Waals surface area contributed by atoms with Crippen molar-refractivity contribution in [3.63, 3.8) is 0 Å². The molecular weight excluding hydrogens is 262 g/mol. The van der Waals surface area contributed by atoms with E-state index in [0.717, 1.165) is 5.56 Å². The average molecular weight is 279 g/mol. The Hall–Kier alpha value is -1.75. The summed E-state index contributed by atoms with van der Waals surface area (Å²) in [5.74, 6) is 0. The summed E-state index contributed by atoms with van der Waals surface area (Å²) in [7, 11) is -3.65. The summed E-state index contributed by atoms with van der Waals surface area (Å²) in [6, 6.07) is 10.3. The zero-order valence-electron chi connectivity index (χ0n) is 11.2. The predicted octanol–water partition coefficient (Wildman–Crippen LogP) is 3.38. The molecule has 4 nitrogen and oxygen atoms in total. The third-order valence-corrected chi connectivity index (χ3v) is 4.01. The van der Waals surface area contributed by atoms with E-state index in [1.165, 1.54) is 12.3 Å². The molecule has 0 saturated heterocycles. The molecule has 0 unspecified atom stereocenters. The quantitative estimate of drug-likeness (QED) is 0.937. The van der Waals surface area contributed by atoms with E-state index in [1.807, 2.05) is 18.2 Å². The van der Waals surface area contributed by atoms with Gasteiger partial charge >= 0.3 is 0 Å². The maximum atomic E-state index is 12.0. The van der Waals surface area contributed by atoms with Gasteiger partial charge in [0, 0.05) is 5.69 Å². The van der Waals surface area contributed by atoms with E-state index in [1.54, 1.807) is 12.1 Å². The lowest BCUT2D eigenvalue weighted by Crippen LogP contribution is -2.14. The highest BCUT2D eigenvalue weighted by atomic mass is 32.2. The van der Waals surface area contributed by atoms with Gasteiger partial charge in [-0.2, -0.15) is 8.42 Å². The lowest BCUT2D eigenvalue weighted by Gasteiger charge is -2.19. The van der Waals surface area contributed by atoms with E-state index in [2.05, 4.69) is 25.5 Å². The first kappa shape index (κ1) is 13.7. The molecule has 0 aliphatic carbocycles. The first-order chi connectivity index (χ1) is 8.79. The normalized spacial score (nSPS) is 12.4. The molecule has 1 N–H and O–H groups in total. The van der Waals surface area contributed by atoms with Gasteiger partial charge in [-0.1, -0.05) is 32.9 Å². The Morgan fingerprint density at radius 1 is 1.11 bits per heavy atom. The van der Waals surface area contributed by atoms with Gasteiger partial charge in [0.25, 0.3) is 10.0 Å². The third kappa shape index (κ3) is 3.17. The lowest BCUT2D eigenvalue weighted by molar-refractivity contribution is 0.452. The highest BCUT2D eigenvalue weighted by Crippen LogP contribution is 2.25. The van der Waals surface area contributed by atoms with Crippen LogP contribution >= 0.6 is 0 Å². The fraction of sp³-hybridized carbons (Fsp3) is 0.286. The number of rotatable bonds is 3. The van der Waals surface area contributed by atoms with Crippen LogP contribution in [0, 0.1) is 0 Å². The minimum Gasteiger partial charge on any atom is -0.451 e. The van der Waals surface area contributed by atoms with Crippen LogP contribution in [0.15, 0.2) is 52.2 Å². The number of anilines is 1. The zero-order valence-corrected chi connectivity index (χ0v) is 12.0. The van der Waals surface area contributed by atoms with Crippen LogP contribution in [0.5, 0.6) is 0 Å². The maximum absolute atomic E-state index is 12.0. The van der Waals surface area contributed by atoms with Gasteiger partial charge in [-0.3, -0.25) is 4.72 Å². The largest absolute Gasteiger partial charge is 0.451 e. The van der Waals surface area contributed by atoms with Gasteiger partial charge in [0.05, 0.1) is 6.26 Å². The highest BCUT2D eigenvalue weighted by Gasteiger charge is 2.19. The minimum atomic E-state index is -3.65. The molecule has 0 bridgehead atoms. The second kappa shape index (κ2) is 4.74. The van der Waals surface area contributed by atoms with Gasteiger partial charge < -0.3 is 4.42 Å². The molecule has 19 heavy (non-hydrogen) atoms. The molecule has 1 heterocycles. The van der Waals surface area contributed by atoms with Crippen molar-refractivity contribution in [3.05, 3.63) is 48.2 Å². The van der Waals surface area contributed by atoms with Crippen LogP contribution in [0.25, 0.3) is 0 Å². The first-order valence-corrected chi connectivity index (χ1v) is 7.44. The molecule has 5 heteroatoms. The Bertz CT molecular complexity index is 652. The van der Waals surface area contributed by atoms with E-state index >= 15 is 0 Å². The Kier molecular flexibility index (Phi) is 3.41. The minimum absolute atomic E-state index is 0.0356. The van der Waals surface area contributed by atoms with E-state index in [-0.39, 0.29) is 10.5 Å².